The first-order valence-electron chi connectivity index (χ1n) is 4.09. The van der Waals surface area contributed by atoms with Gasteiger partial charge in [-0.05, 0) is 61.2 Å². The minimum absolute atomic E-state index is 0.318. The Labute approximate surface area is 110 Å². The molecule has 0 aliphatic rings. The van der Waals surface area contributed by atoms with E-state index in [1.54, 1.807) is 6.08 Å². The van der Waals surface area contributed by atoms with Crippen LogP contribution in [0, 0.1) is 5.82 Å². The van der Waals surface area contributed by atoms with Gasteiger partial charge in [0.2, 0.25) is 10.0 Å². The number of rotatable bonds is 3. The highest BCUT2D eigenvalue weighted by atomic mass is 79.9. The number of halogens is 3. The minimum Gasteiger partial charge on any atom is -0.228 e. The van der Waals surface area contributed by atoms with E-state index >= 15 is 0 Å². The van der Waals surface area contributed by atoms with Gasteiger partial charge in [0.25, 0.3) is 0 Å². The number of sulfonamides is 1. The van der Waals surface area contributed by atoms with E-state index in [1.165, 1.54) is 12.1 Å². The molecule has 0 aliphatic heterocycles. The number of benzene rings is 1. The van der Waals surface area contributed by atoms with Crippen molar-refractivity contribution in [2.24, 2.45) is 5.14 Å². The van der Waals surface area contributed by atoms with Gasteiger partial charge in [-0.2, -0.15) is 0 Å². The van der Waals surface area contributed by atoms with E-state index in [0.717, 1.165) is 6.07 Å². The van der Waals surface area contributed by atoms with E-state index in [9.17, 15) is 12.8 Å². The fraction of sp³-hybridized carbons (Fsp3) is 0.111. The average molecular weight is 373 g/mol. The fourth-order valence-electron chi connectivity index (χ4n) is 1.17. The van der Waals surface area contributed by atoms with Crippen molar-refractivity contribution in [3.63, 3.8) is 0 Å². The molecule has 1 rings (SSSR count). The third kappa shape index (κ3) is 4.73. The molecule has 0 bridgehead atoms. The van der Waals surface area contributed by atoms with Crippen LogP contribution < -0.4 is 5.14 Å². The van der Waals surface area contributed by atoms with Gasteiger partial charge in [0, 0.05) is 0 Å². The summed E-state index contributed by atoms with van der Waals surface area (Å²) in [5.74, 6) is -0.898. The Morgan fingerprint density at radius 1 is 1.44 bits per heavy atom. The average Bonchev–Trinajstić information content (AvgIpc) is 2.06. The van der Waals surface area contributed by atoms with Crippen molar-refractivity contribution in [3.8, 4) is 0 Å². The molecular formula is C9H8Br2FNO2S. The van der Waals surface area contributed by atoms with Crippen molar-refractivity contribution in [1.82, 2.24) is 0 Å². The van der Waals surface area contributed by atoms with Gasteiger partial charge in [-0.1, -0.05) is 6.07 Å². The Hall–Kier alpha value is -0.240. The van der Waals surface area contributed by atoms with Crippen molar-refractivity contribution < 1.29 is 12.8 Å². The molecule has 0 unspecified atom stereocenters. The highest BCUT2D eigenvalue weighted by molar-refractivity contribution is 9.28. The first-order valence-corrected chi connectivity index (χ1v) is 7.40. The molecule has 0 spiro atoms. The molecule has 0 saturated heterocycles. The van der Waals surface area contributed by atoms with Gasteiger partial charge in [-0.15, -0.1) is 0 Å². The molecule has 16 heavy (non-hydrogen) atoms. The Morgan fingerprint density at radius 2 is 2.06 bits per heavy atom. The SMILES string of the molecule is NS(=O)(=O)Cc1cc(F)ccc1C=C(Br)Br. The minimum atomic E-state index is -3.68. The molecule has 2 N–H and O–H groups in total. The number of hydrogen-bond acceptors (Lipinski definition) is 2. The van der Waals surface area contributed by atoms with Gasteiger partial charge in [-0.3, -0.25) is 0 Å². The van der Waals surface area contributed by atoms with Crippen LogP contribution in [-0.4, -0.2) is 8.42 Å². The van der Waals surface area contributed by atoms with Crippen molar-refractivity contribution in [3.05, 3.63) is 38.5 Å². The highest BCUT2D eigenvalue weighted by Crippen LogP contribution is 2.22. The molecule has 7 heteroatoms. The molecule has 0 atom stereocenters. The number of primary sulfonamides is 1. The standard InChI is InChI=1S/C9H8Br2FNO2S/c10-9(11)4-6-1-2-8(12)3-7(6)5-16(13,14)15/h1-4H,5H2,(H2,13,14,15). The summed E-state index contributed by atoms with van der Waals surface area (Å²) in [7, 11) is -3.68. The molecule has 0 saturated carbocycles. The molecule has 0 radical (unpaired) electrons. The zero-order chi connectivity index (χ0) is 12.3. The van der Waals surface area contributed by atoms with Gasteiger partial charge in [0.1, 0.15) is 5.82 Å². The molecule has 1 aromatic rings. The molecule has 88 valence electrons. The summed E-state index contributed by atoms with van der Waals surface area (Å²) in [5.41, 5.74) is 0.901. The van der Waals surface area contributed by atoms with Gasteiger partial charge < -0.3 is 0 Å². The largest absolute Gasteiger partial charge is 0.228 e. The summed E-state index contributed by atoms with van der Waals surface area (Å²) < 4.78 is 35.5. The van der Waals surface area contributed by atoms with E-state index in [-0.39, 0.29) is 0 Å². The van der Waals surface area contributed by atoms with Crippen molar-refractivity contribution in [2.75, 3.05) is 0 Å². The predicted molar refractivity (Wildman–Crippen MR) is 69.0 cm³/mol. The Balaban J connectivity index is 3.24. The highest BCUT2D eigenvalue weighted by Gasteiger charge is 2.10. The van der Waals surface area contributed by atoms with E-state index in [2.05, 4.69) is 31.9 Å². The van der Waals surface area contributed by atoms with E-state index in [1.807, 2.05) is 0 Å². The maximum Gasteiger partial charge on any atom is 0.213 e. The summed E-state index contributed by atoms with van der Waals surface area (Å²) in [4.78, 5) is 0. The summed E-state index contributed by atoms with van der Waals surface area (Å²) in [6, 6.07) is 3.89. The van der Waals surface area contributed by atoms with Crippen LogP contribution in [0.15, 0.2) is 21.6 Å². The topological polar surface area (TPSA) is 60.2 Å². The second-order valence-corrected chi connectivity index (χ2v) is 7.47. The third-order valence-corrected chi connectivity index (χ3v) is 2.90. The van der Waals surface area contributed by atoms with Crippen LogP contribution in [0.1, 0.15) is 11.1 Å². The monoisotopic (exact) mass is 371 g/mol. The smallest absolute Gasteiger partial charge is 0.213 e. The van der Waals surface area contributed by atoms with Crippen LogP contribution in [-0.2, 0) is 15.8 Å². The van der Waals surface area contributed by atoms with Crippen LogP contribution >= 0.6 is 31.9 Å². The second kappa shape index (κ2) is 5.39. The lowest BCUT2D eigenvalue weighted by Crippen LogP contribution is -2.15. The van der Waals surface area contributed by atoms with Gasteiger partial charge in [0.15, 0.2) is 0 Å². The van der Waals surface area contributed by atoms with Crippen molar-refractivity contribution >= 4 is 48.0 Å². The first kappa shape index (κ1) is 13.8. The first-order chi connectivity index (χ1) is 7.28. The zero-order valence-corrected chi connectivity index (χ0v) is 11.9. The molecule has 0 aromatic heterocycles. The summed E-state index contributed by atoms with van der Waals surface area (Å²) in [6.45, 7) is 0. The van der Waals surface area contributed by atoms with Gasteiger partial charge in [0.05, 0.1) is 9.14 Å². The lowest BCUT2D eigenvalue weighted by molar-refractivity contribution is 0.596. The van der Waals surface area contributed by atoms with Crippen LogP contribution in [0.4, 0.5) is 4.39 Å². The Bertz CT molecular complexity index is 524. The van der Waals surface area contributed by atoms with Crippen LogP contribution in [0.2, 0.25) is 0 Å². The quantitative estimate of drug-likeness (QED) is 0.886. The maximum atomic E-state index is 13.0. The molecular weight excluding hydrogens is 365 g/mol. The van der Waals surface area contributed by atoms with Gasteiger partial charge in [-0.25, -0.2) is 17.9 Å². The third-order valence-electron chi connectivity index (χ3n) is 1.73. The number of hydrogen-bond donors (Lipinski definition) is 1. The number of nitrogens with two attached hydrogens (primary N) is 1. The second-order valence-electron chi connectivity index (χ2n) is 3.08. The molecule has 0 fully saturated rings. The normalized spacial score (nSPS) is 11.2. The summed E-state index contributed by atoms with van der Waals surface area (Å²) in [5, 5.41) is 4.92. The van der Waals surface area contributed by atoms with Crippen molar-refractivity contribution in [2.45, 2.75) is 5.75 Å². The van der Waals surface area contributed by atoms with Crippen LogP contribution in [0.5, 0.6) is 0 Å². The Kier molecular flexibility index (Phi) is 4.66. The molecule has 0 aliphatic carbocycles. The van der Waals surface area contributed by atoms with Crippen molar-refractivity contribution in [1.29, 1.82) is 0 Å². The van der Waals surface area contributed by atoms with Crippen LogP contribution in [0.25, 0.3) is 6.08 Å². The maximum absolute atomic E-state index is 13.0. The molecule has 0 amide bonds. The lowest BCUT2D eigenvalue weighted by Gasteiger charge is -2.05. The van der Waals surface area contributed by atoms with E-state index in [0.29, 0.717) is 14.5 Å². The summed E-state index contributed by atoms with van der Waals surface area (Å²) in [6.07, 6.45) is 1.62. The fourth-order valence-corrected chi connectivity index (χ4v) is 2.35. The van der Waals surface area contributed by atoms with Gasteiger partial charge >= 0.3 is 0 Å². The predicted octanol–water partition coefficient (Wildman–Crippen LogP) is 2.70. The Morgan fingerprint density at radius 3 is 2.56 bits per heavy atom. The van der Waals surface area contributed by atoms with Crippen LogP contribution in [0.3, 0.4) is 0 Å². The zero-order valence-electron chi connectivity index (χ0n) is 7.95. The van der Waals surface area contributed by atoms with E-state index in [4.69, 9.17) is 5.14 Å². The summed E-state index contributed by atoms with van der Waals surface area (Å²) >= 11 is 6.29. The lowest BCUT2D eigenvalue weighted by atomic mass is 10.1. The molecule has 0 heterocycles. The molecule has 1 aromatic carbocycles. The van der Waals surface area contributed by atoms with E-state index < -0.39 is 21.6 Å². The molecule has 3 nitrogen and oxygen atoms in total.